The molecule has 9 nitrogen and oxygen atoms in total. The minimum absolute atomic E-state index is 0.0867. The van der Waals surface area contributed by atoms with Gasteiger partial charge in [0.2, 0.25) is 0 Å². The van der Waals surface area contributed by atoms with Gasteiger partial charge in [0.15, 0.2) is 5.76 Å². The molecule has 0 radical (unpaired) electrons. The summed E-state index contributed by atoms with van der Waals surface area (Å²) in [5.41, 5.74) is 0.521. The Labute approximate surface area is 180 Å². The van der Waals surface area contributed by atoms with Crippen LogP contribution in [-0.2, 0) is 9.47 Å². The van der Waals surface area contributed by atoms with Crippen LogP contribution in [0.5, 0.6) is 0 Å². The first-order chi connectivity index (χ1) is 14.7. The predicted molar refractivity (Wildman–Crippen MR) is 111 cm³/mol. The molecular weight excluding hydrogens is 400 g/mol. The average molecular weight is 426 g/mol. The Hall–Kier alpha value is -3.38. The van der Waals surface area contributed by atoms with Gasteiger partial charge in [0.05, 0.1) is 30.5 Å². The molecule has 2 amide bonds. The summed E-state index contributed by atoms with van der Waals surface area (Å²) in [6, 6.07) is 8.40. The minimum Gasteiger partial charge on any atom is -0.444 e. The molecule has 9 heteroatoms. The average Bonchev–Trinajstić information content (AvgIpc) is 3.35. The van der Waals surface area contributed by atoms with Crippen molar-refractivity contribution in [2.45, 2.75) is 44.9 Å². The number of methoxy groups -OCH3 is 1. The number of hydrogen-bond acceptors (Lipinski definition) is 7. The molecule has 1 aromatic carbocycles. The molecule has 3 rings (SSSR count). The van der Waals surface area contributed by atoms with Gasteiger partial charge in [-0.3, -0.25) is 4.79 Å². The van der Waals surface area contributed by atoms with Crippen LogP contribution >= 0.6 is 0 Å². The van der Waals surface area contributed by atoms with Gasteiger partial charge in [0.25, 0.3) is 5.89 Å². The normalized spacial score (nSPS) is 18.5. The highest BCUT2D eigenvalue weighted by molar-refractivity contribution is 5.90. The first kappa shape index (κ1) is 22.3. The number of nitriles is 1. The fourth-order valence-corrected chi connectivity index (χ4v) is 3.42. The number of oxazole rings is 1. The molecule has 1 saturated heterocycles. The number of nitrogens with zero attached hydrogens (tertiary/aromatic N) is 3. The molecule has 0 aliphatic carbocycles. The number of likely N-dealkylation sites (tertiary alicyclic amines) is 1. The van der Waals surface area contributed by atoms with Crippen LogP contribution in [0.15, 0.2) is 34.9 Å². The Morgan fingerprint density at radius 1 is 1.39 bits per heavy atom. The Bertz CT molecular complexity index is 988. The second kappa shape index (κ2) is 9.18. The van der Waals surface area contributed by atoms with Crippen molar-refractivity contribution in [3.8, 4) is 17.4 Å². The maximum absolute atomic E-state index is 12.7. The SMILES string of the molecule is COC[C@@H]1C[C@@H](NC(=O)c2ncc(-c3cccc(C#N)c3)o2)CN1C(=O)OC(C)(C)C. The fraction of sp³-hybridized carbons (Fsp3) is 0.455. The van der Waals surface area contributed by atoms with Gasteiger partial charge >= 0.3 is 12.0 Å². The standard InChI is InChI=1S/C22H26N4O5/c1-22(2,3)31-21(28)26-12-16(9-17(26)13-29-4)25-19(27)20-24-11-18(30-20)15-7-5-6-14(8-15)10-23/h5-8,11,16-17H,9,12-13H2,1-4H3,(H,25,27)/t16-,17+/m1/s1. The summed E-state index contributed by atoms with van der Waals surface area (Å²) in [6.07, 6.45) is 1.53. The molecule has 0 bridgehead atoms. The maximum atomic E-state index is 12.7. The molecule has 1 aromatic heterocycles. The van der Waals surface area contributed by atoms with Gasteiger partial charge in [-0.25, -0.2) is 9.78 Å². The molecule has 0 saturated carbocycles. The lowest BCUT2D eigenvalue weighted by Crippen LogP contribution is -2.43. The third-order valence-electron chi connectivity index (χ3n) is 4.71. The number of rotatable bonds is 5. The van der Waals surface area contributed by atoms with E-state index >= 15 is 0 Å². The summed E-state index contributed by atoms with van der Waals surface area (Å²) in [6.45, 7) is 6.05. The van der Waals surface area contributed by atoms with E-state index in [4.69, 9.17) is 19.2 Å². The molecular formula is C22H26N4O5. The molecule has 0 spiro atoms. The van der Waals surface area contributed by atoms with E-state index in [1.807, 2.05) is 0 Å². The van der Waals surface area contributed by atoms with Crippen LogP contribution in [-0.4, -0.2) is 59.8 Å². The molecule has 2 atom stereocenters. The Balaban J connectivity index is 1.67. The van der Waals surface area contributed by atoms with Gasteiger partial charge in [0, 0.05) is 25.3 Å². The zero-order valence-corrected chi connectivity index (χ0v) is 18.0. The molecule has 1 aliphatic heterocycles. The minimum atomic E-state index is -0.618. The summed E-state index contributed by atoms with van der Waals surface area (Å²) in [5.74, 6) is -0.174. The van der Waals surface area contributed by atoms with Gasteiger partial charge in [-0.15, -0.1) is 0 Å². The third-order valence-corrected chi connectivity index (χ3v) is 4.71. The van der Waals surface area contributed by atoms with Crippen molar-refractivity contribution in [3.63, 3.8) is 0 Å². The van der Waals surface area contributed by atoms with Crippen LogP contribution in [0.3, 0.4) is 0 Å². The maximum Gasteiger partial charge on any atom is 0.410 e. The molecule has 1 fully saturated rings. The lowest BCUT2D eigenvalue weighted by molar-refractivity contribution is 0.0146. The van der Waals surface area contributed by atoms with E-state index < -0.39 is 17.6 Å². The summed E-state index contributed by atoms with van der Waals surface area (Å²) in [5, 5.41) is 11.9. The van der Waals surface area contributed by atoms with E-state index in [-0.39, 0.29) is 18.0 Å². The molecule has 1 aliphatic rings. The molecule has 1 N–H and O–H groups in total. The second-order valence-electron chi connectivity index (χ2n) is 8.37. The van der Waals surface area contributed by atoms with Crippen molar-refractivity contribution in [2.24, 2.45) is 0 Å². The number of ether oxygens (including phenoxy) is 2. The largest absolute Gasteiger partial charge is 0.444 e. The van der Waals surface area contributed by atoms with Crippen molar-refractivity contribution >= 4 is 12.0 Å². The zero-order chi connectivity index (χ0) is 22.6. The number of aromatic nitrogens is 1. The Kier molecular flexibility index (Phi) is 6.61. The third kappa shape index (κ3) is 5.61. The highest BCUT2D eigenvalue weighted by atomic mass is 16.6. The smallest absolute Gasteiger partial charge is 0.410 e. The molecule has 31 heavy (non-hydrogen) atoms. The number of nitrogens with one attached hydrogen (secondary N) is 1. The van der Waals surface area contributed by atoms with Gasteiger partial charge in [-0.05, 0) is 39.3 Å². The van der Waals surface area contributed by atoms with Crippen molar-refractivity contribution < 1.29 is 23.5 Å². The summed E-state index contributed by atoms with van der Waals surface area (Å²) in [4.78, 5) is 30.8. The number of carbonyl (C=O) groups is 2. The lowest BCUT2D eigenvalue weighted by atomic mass is 10.1. The number of hydrogen-bond donors (Lipinski definition) is 1. The molecule has 0 unspecified atom stereocenters. The van der Waals surface area contributed by atoms with Gasteiger partial charge in [0.1, 0.15) is 5.60 Å². The summed E-state index contributed by atoms with van der Waals surface area (Å²) < 4.78 is 16.3. The van der Waals surface area contributed by atoms with E-state index in [1.165, 1.54) is 6.20 Å². The first-order valence-corrected chi connectivity index (χ1v) is 9.96. The van der Waals surface area contributed by atoms with Gasteiger partial charge < -0.3 is 24.1 Å². The lowest BCUT2D eigenvalue weighted by Gasteiger charge is -2.28. The quantitative estimate of drug-likeness (QED) is 0.781. The van der Waals surface area contributed by atoms with Crippen LogP contribution < -0.4 is 5.32 Å². The van der Waals surface area contributed by atoms with Crippen LogP contribution in [0, 0.1) is 11.3 Å². The fourth-order valence-electron chi connectivity index (χ4n) is 3.42. The summed E-state index contributed by atoms with van der Waals surface area (Å²) in [7, 11) is 1.56. The van der Waals surface area contributed by atoms with Crippen molar-refractivity contribution in [3.05, 3.63) is 41.9 Å². The van der Waals surface area contributed by atoms with Gasteiger partial charge in [-0.2, -0.15) is 5.26 Å². The topological polar surface area (TPSA) is 118 Å². The highest BCUT2D eigenvalue weighted by Gasteiger charge is 2.38. The number of benzene rings is 1. The molecule has 164 valence electrons. The van der Waals surface area contributed by atoms with E-state index in [0.29, 0.717) is 36.5 Å². The summed E-state index contributed by atoms with van der Waals surface area (Å²) >= 11 is 0. The first-order valence-electron chi connectivity index (χ1n) is 9.96. The van der Waals surface area contributed by atoms with Crippen LogP contribution in [0.25, 0.3) is 11.3 Å². The van der Waals surface area contributed by atoms with Crippen molar-refractivity contribution in [2.75, 3.05) is 20.3 Å². The molecule has 2 aromatic rings. The zero-order valence-electron chi connectivity index (χ0n) is 18.0. The second-order valence-corrected chi connectivity index (χ2v) is 8.37. The number of carbonyl (C=O) groups excluding carboxylic acids is 2. The predicted octanol–water partition coefficient (Wildman–Crippen LogP) is 2.97. The van der Waals surface area contributed by atoms with E-state index in [0.717, 1.165) is 0 Å². The van der Waals surface area contributed by atoms with Crippen molar-refractivity contribution in [1.82, 2.24) is 15.2 Å². The van der Waals surface area contributed by atoms with Crippen molar-refractivity contribution in [1.29, 1.82) is 5.26 Å². The Morgan fingerprint density at radius 2 is 2.16 bits per heavy atom. The van der Waals surface area contributed by atoms with Crippen LogP contribution in [0.1, 0.15) is 43.4 Å². The molecule has 2 heterocycles. The van der Waals surface area contributed by atoms with Crippen LogP contribution in [0.2, 0.25) is 0 Å². The van der Waals surface area contributed by atoms with Gasteiger partial charge in [-0.1, -0.05) is 12.1 Å². The highest BCUT2D eigenvalue weighted by Crippen LogP contribution is 2.24. The van der Waals surface area contributed by atoms with E-state index in [1.54, 1.807) is 57.0 Å². The Morgan fingerprint density at radius 3 is 2.84 bits per heavy atom. The monoisotopic (exact) mass is 426 g/mol. The van der Waals surface area contributed by atoms with E-state index in [2.05, 4.69) is 16.4 Å². The van der Waals surface area contributed by atoms with E-state index in [9.17, 15) is 9.59 Å². The number of amides is 2. The van der Waals surface area contributed by atoms with Crippen LogP contribution in [0.4, 0.5) is 4.79 Å².